The zero-order valence-corrected chi connectivity index (χ0v) is 19.4. The molecule has 2 heterocycles. The van der Waals surface area contributed by atoms with E-state index in [1.165, 1.54) is 43.4 Å². The highest BCUT2D eigenvalue weighted by atomic mass is 14.7. The fourth-order valence-electron chi connectivity index (χ4n) is 5.69. The minimum Gasteiger partial charge on any atom is -0.254 e. The van der Waals surface area contributed by atoms with Gasteiger partial charge in [0.1, 0.15) is 0 Å². The van der Waals surface area contributed by atoms with Crippen molar-refractivity contribution in [1.82, 2.24) is 9.97 Å². The molecule has 2 aromatic heterocycles. The van der Waals surface area contributed by atoms with E-state index in [4.69, 9.17) is 4.98 Å². The van der Waals surface area contributed by atoms with E-state index in [0.717, 1.165) is 33.1 Å². The van der Waals surface area contributed by atoms with Crippen LogP contribution in [0.5, 0.6) is 0 Å². The molecule has 0 amide bonds. The first-order valence-electron chi connectivity index (χ1n) is 12.3. The lowest BCUT2D eigenvalue weighted by molar-refractivity contribution is 1.37. The second kappa shape index (κ2) is 7.34. The van der Waals surface area contributed by atoms with Gasteiger partial charge in [-0.2, -0.15) is 0 Å². The third-order valence-corrected chi connectivity index (χ3v) is 7.45. The fraction of sp³-hybridized carbons (Fsp3) is 0. The summed E-state index contributed by atoms with van der Waals surface area (Å²) in [4.78, 5) is 9.62. The second-order valence-electron chi connectivity index (χ2n) is 9.46. The van der Waals surface area contributed by atoms with E-state index >= 15 is 0 Å². The van der Waals surface area contributed by atoms with Gasteiger partial charge in [-0.25, -0.2) is 4.98 Å². The molecule has 8 aromatic rings. The SMILES string of the molecule is c1cnc2c(c1)ccc1ccc(-c3ccc(-c4ccc5ccc6cccc7ccc4c5c67)cc3)nc12. The van der Waals surface area contributed by atoms with Crippen LogP contribution in [0.3, 0.4) is 0 Å². The molecule has 0 fully saturated rings. The van der Waals surface area contributed by atoms with Gasteiger partial charge in [-0.15, -0.1) is 0 Å². The van der Waals surface area contributed by atoms with Gasteiger partial charge in [0.25, 0.3) is 0 Å². The van der Waals surface area contributed by atoms with Crippen LogP contribution in [0.15, 0.2) is 121 Å². The molecule has 0 saturated carbocycles. The maximum absolute atomic E-state index is 5.02. The molecular formula is C34H20N2. The van der Waals surface area contributed by atoms with Gasteiger partial charge in [-0.1, -0.05) is 103 Å². The summed E-state index contributed by atoms with van der Waals surface area (Å²) in [6, 6.07) is 41.4. The van der Waals surface area contributed by atoms with Crippen LogP contribution < -0.4 is 0 Å². The van der Waals surface area contributed by atoms with Crippen molar-refractivity contribution in [3.8, 4) is 22.4 Å². The number of hydrogen-bond acceptors (Lipinski definition) is 2. The Balaban J connectivity index is 1.27. The van der Waals surface area contributed by atoms with Crippen LogP contribution in [0.1, 0.15) is 0 Å². The zero-order valence-electron chi connectivity index (χ0n) is 19.4. The maximum atomic E-state index is 5.02. The van der Waals surface area contributed by atoms with E-state index in [1.54, 1.807) is 0 Å². The van der Waals surface area contributed by atoms with Crippen molar-refractivity contribution in [3.63, 3.8) is 0 Å². The van der Waals surface area contributed by atoms with E-state index in [-0.39, 0.29) is 0 Å². The van der Waals surface area contributed by atoms with Crippen LogP contribution in [0.2, 0.25) is 0 Å². The summed E-state index contributed by atoms with van der Waals surface area (Å²) in [6.45, 7) is 0. The van der Waals surface area contributed by atoms with E-state index < -0.39 is 0 Å². The van der Waals surface area contributed by atoms with Gasteiger partial charge in [-0.3, -0.25) is 4.98 Å². The standard InChI is InChI=1S/C34H20N2/c1-3-23-10-11-25-14-17-28(29-18-15-24(4-1)31(23)32(25)29)21-6-8-22(9-7-21)30-19-16-27-13-12-26-5-2-20-35-33(26)34(27)36-30/h1-20H. The molecule has 8 rings (SSSR count). The van der Waals surface area contributed by atoms with E-state index in [9.17, 15) is 0 Å². The largest absolute Gasteiger partial charge is 0.254 e. The lowest BCUT2D eigenvalue weighted by Gasteiger charge is -2.14. The van der Waals surface area contributed by atoms with Crippen molar-refractivity contribution >= 4 is 54.1 Å². The molecule has 166 valence electrons. The molecule has 0 aliphatic carbocycles. The Kier molecular flexibility index (Phi) is 3.97. The highest BCUT2D eigenvalue weighted by Crippen LogP contribution is 2.39. The van der Waals surface area contributed by atoms with Crippen molar-refractivity contribution in [2.45, 2.75) is 0 Å². The summed E-state index contributed by atoms with van der Waals surface area (Å²) >= 11 is 0. The van der Waals surface area contributed by atoms with Gasteiger partial charge in [0.15, 0.2) is 0 Å². The number of pyridine rings is 2. The van der Waals surface area contributed by atoms with E-state index in [2.05, 4.69) is 114 Å². The molecule has 0 atom stereocenters. The summed E-state index contributed by atoms with van der Waals surface area (Å²) in [5.41, 5.74) is 6.43. The molecule has 0 saturated heterocycles. The summed E-state index contributed by atoms with van der Waals surface area (Å²) < 4.78 is 0. The average Bonchev–Trinajstić information content (AvgIpc) is 2.95. The highest BCUT2D eigenvalue weighted by molar-refractivity contribution is 6.25. The van der Waals surface area contributed by atoms with Gasteiger partial charge in [-0.05, 0) is 55.6 Å². The smallest absolute Gasteiger partial charge is 0.0972 e. The van der Waals surface area contributed by atoms with Crippen LogP contribution in [0.25, 0.3) is 76.5 Å². The molecule has 0 aliphatic heterocycles. The quantitative estimate of drug-likeness (QED) is 0.243. The van der Waals surface area contributed by atoms with Crippen molar-refractivity contribution in [2.75, 3.05) is 0 Å². The Morgan fingerprint density at radius 3 is 1.86 bits per heavy atom. The monoisotopic (exact) mass is 456 g/mol. The molecule has 0 radical (unpaired) electrons. The van der Waals surface area contributed by atoms with E-state index in [0.29, 0.717) is 0 Å². The highest BCUT2D eigenvalue weighted by Gasteiger charge is 2.12. The van der Waals surface area contributed by atoms with Crippen molar-refractivity contribution in [3.05, 3.63) is 121 Å². The summed E-state index contributed by atoms with van der Waals surface area (Å²) in [5, 5.41) is 10.1. The number of benzene rings is 6. The number of nitrogens with zero attached hydrogens (tertiary/aromatic N) is 2. The molecule has 0 N–H and O–H groups in total. The Labute approximate surface area is 207 Å². The summed E-state index contributed by atoms with van der Waals surface area (Å²) in [7, 11) is 0. The second-order valence-corrected chi connectivity index (χ2v) is 9.46. The van der Waals surface area contributed by atoms with Crippen LogP contribution in [-0.2, 0) is 0 Å². The Hall–Kier alpha value is -4.82. The van der Waals surface area contributed by atoms with Crippen LogP contribution in [0.4, 0.5) is 0 Å². The van der Waals surface area contributed by atoms with Crippen molar-refractivity contribution < 1.29 is 0 Å². The van der Waals surface area contributed by atoms with Crippen molar-refractivity contribution in [1.29, 1.82) is 0 Å². The number of fused-ring (bicyclic) bond motifs is 3. The minimum atomic E-state index is 0.946. The molecular weight excluding hydrogens is 436 g/mol. The molecule has 0 unspecified atom stereocenters. The van der Waals surface area contributed by atoms with Crippen molar-refractivity contribution in [2.24, 2.45) is 0 Å². The summed E-state index contributed by atoms with van der Waals surface area (Å²) in [6.07, 6.45) is 1.83. The molecule has 36 heavy (non-hydrogen) atoms. The van der Waals surface area contributed by atoms with E-state index in [1.807, 2.05) is 12.3 Å². The number of rotatable bonds is 2. The number of aromatic nitrogens is 2. The Bertz CT molecular complexity index is 2070. The molecule has 0 bridgehead atoms. The van der Waals surface area contributed by atoms with Gasteiger partial charge in [0, 0.05) is 22.5 Å². The first-order valence-corrected chi connectivity index (χ1v) is 12.3. The van der Waals surface area contributed by atoms with Gasteiger partial charge in [0.2, 0.25) is 0 Å². The van der Waals surface area contributed by atoms with Crippen LogP contribution in [-0.4, -0.2) is 9.97 Å². The Morgan fingerprint density at radius 1 is 0.417 bits per heavy atom. The third kappa shape index (κ3) is 2.79. The molecule has 0 aliphatic rings. The first kappa shape index (κ1) is 19.5. The number of hydrogen-bond donors (Lipinski definition) is 0. The minimum absolute atomic E-state index is 0.946. The maximum Gasteiger partial charge on any atom is 0.0972 e. The fourth-order valence-corrected chi connectivity index (χ4v) is 5.69. The molecule has 2 nitrogen and oxygen atoms in total. The third-order valence-electron chi connectivity index (χ3n) is 7.45. The lowest BCUT2D eigenvalue weighted by atomic mass is 9.89. The predicted octanol–water partition coefficient (Wildman–Crippen LogP) is 9.01. The molecule has 0 spiro atoms. The topological polar surface area (TPSA) is 25.8 Å². The first-order chi connectivity index (χ1) is 17.8. The molecule has 6 aromatic carbocycles. The van der Waals surface area contributed by atoms with Gasteiger partial charge < -0.3 is 0 Å². The van der Waals surface area contributed by atoms with Crippen LogP contribution >= 0.6 is 0 Å². The Morgan fingerprint density at radius 2 is 1.03 bits per heavy atom. The predicted molar refractivity (Wildman–Crippen MR) is 152 cm³/mol. The summed E-state index contributed by atoms with van der Waals surface area (Å²) in [5.74, 6) is 0. The average molecular weight is 457 g/mol. The molecule has 2 heteroatoms. The normalized spacial score (nSPS) is 11.9. The van der Waals surface area contributed by atoms with Crippen LogP contribution in [0, 0.1) is 0 Å². The van der Waals surface area contributed by atoms with Gasteiger partial charge in [0.05, 0.1) is 16.7 Å². The lowest BCUT2D eigenvalue weighted by Crippen LogP contribution is -1.89. The van der Waals surface area contributed by atoms with Gasteiger partial charge >= 0.3 is 0 Å². The zero-order chi connectivity index (χ0) is 23.6.